The van der Waals surface area contributed by atoms with E-state index in [1.54, 1.807) is 0 Å². The summed E-state index contributed by atoms with van der Waals surface area (Å²) in [7, 11) is 2.04. The van der Waals surface area contributed by atoms with Crippen LogP contribution in [0.5, 0.6) is 0 Å². The van der Waals surface area contributed by atoms with Gasteiger partial charge in [0.25, 0.3) is 0 Å². The third kappa shape index (κ3) is 5.17. The molecule has 0 aliphatic carbocycles. The van der Waals surface area contributed by atoms with Crippen molar-refractivity contribution in [2.75, 3.05) is 25.1 Å². The van der Waals surface area contributed by atoms with E-state index in [2.05, 4.69) is 30.9 Å². The van der Waals surface area contributed by atoms with Gasteiger partial charge in [0.2, 0.25) is 0 Å². The van der Waals surface area contributed by atoms with E-state index in [0.717, 1.165) is 23.6 Å². The molecule has 0 saturated heterocycles. The quantitative estimate of drug-likeness (QED) is 0.823. The van der Waals surface area contributed by atoms with Crippen LogP contribution in [-0.2, 0) is 11.3 Å². The Morgan fingerprint density at radius 1 is 1.26 bits per heavy atom. The first-order valence-electron chi connectivity index (χ1n) is 6.97. The standard InChI is InChI=1S/C15H27N3O/c1-11(2)14-8-13(10-16)9-15(17-14)18(5)6-7-19-12(3)4/h8-9,11-12H,6-7,10,16H2,1-5H3. The minimum atomic E-state index is 0.267. The third-order valence-electron chi connectivity index (χ3n) is 2.99. The number of ether oxygens (including phenoxy) is 1. The van der Waals surface area contributed by atoms with Crippen LogP contribution in [0.15, 0.2) is 12.1 Å². The van der Waals surface area contributed by atoms with E-state index < -0.39 is 0 Å². The molecule has 1 aromatic heterocycles. The fourth-order valence-electron chi connectivity index (χ4n) is 1.74. The Hall–Kier alpha value is -1.13. The van der Waals surface area contributed by atoms with Crippen molar-refractivity contribution in [1.29, 1.82) is 0 Å². The van der Waals surface area contributed by atoms with Crippen LogP contribution in [0.2, 0.25) is 0 Å². The van der Waals surface area contributed by atoms with Gasteiger partial charge in [-0.2, -0.15) is 0 Å². The molecule has 0 aliphatic heterocycles. The van der Waals surface area contributed by atoms with Gasteiger partial charge in [0.1, 0.15) is 5.82 Å². The van der Waals surface area contributed by atoms with Crippen LogP contribution in [0.3, 0.4) is 0 Å². The lowest BCUT2D eigenvalue weighted by Crippen LogP contribution is -2.25. The molecule has 4 nitrogen and oxygen atoms in total. The Bertz CT molecular complexity index is 391. The molecule has 0 aromatic carbocycles. The van der Waals surface area contributed by atoms with Crippen molar-refractivity contribution in [3.63, 3.8) is 0 Å². The number of nitrogens with two attached hydrogens (primary N) is 1. The Balaban J connectivity index is 2.77. The Morgan fingerprint density at radius 2 is 1.95 bits per heavy atom. The van der Waals surface area contributed by atoms with Crippen molar-refractivity contribution >= 4 is 5.82 Å². The summed E-state index contributed by atoms with van der Waals surface area (Å²) in [5.41, 5.74) is 7.98. The Kier molecular flexibility index (Phi) is 6.25. The van der Waals surface area contributed by atoms with Crippen molar-refractivity contribution < 1.29 is 4.74 Å². The molecule has 2 N–H and O–H groups in total. The molecule has 0 radical (unpaired) electrons. The molecule has 0 amide bonds. The maximum absolute atomic E-state index is 5.76. The second-order valence-corrected chi connectivity index (χ2v) is 5.46. The van der Waals surface area contributed by atoms with Crippen molar-refractivity contribution in [3.05, 3.63) is 23.4 Å². The van der Waals surface area contributed by atoms with Crippen LogP contribution < -0.4 is 10.6 Å². The van der Waals surface area contributed by atoms with E-state index in [4.69, 9.17) is 15.5 Å². The Labute approximate surface area is 117 Å². The molecule has 1 heterocycles. The zero-order valence-corrected chi connectivity index (χ0v) is 12.8. The highest BCUT2D eigenvalue weighted by Gasteiger charge is 2.09. The summed E-state index contributed by atoms with van der Waals surface area (Å²) in [4.78, 5) is 6.81. The molecular weight excluding hydrogens is 238 g/mol. The fraction of sp³-hybridized carbons (Fsp3) is 0.667. The second-order valence-electron chi connectivity index (χ2n) is 5.46. The highest BCUT2D eigenvalue weighted by Crippen LogP contribution is 2.19. The van der Waals surface area contributed by atoms with Gasteiger partial charge in [-0.1, -0.05) is 13.8 Å². The topological polar surface area (TPSA) is 51.4 Å². The molecule has 0 aliphatic rings. The van der Waals surface area contributed by atoms with E-state index in [1.807, 2.05) is 20.9 Å². The molecular formula is C15H27N3O. The summed E-state index contributed by atoms with van der Waals surface area (Å²) in [6.45, 7) is 10.5. The monoisotopic (exact) mass is 265 g/mol. The lowest BCUT2D eigenvalue weighted by molar-refractivity contribution is 0.0845. The van der Waals surface area contributed by atoms with Crippen LogP contribution in [-0.4, -0.2) is 31.3 Å². The van der Waals surface area contributed by atoms with Crippen molar-refractivity contribution in [3.8, 4) is 0 Å². The highest BCUT2D eigenvalue weighted by molar-refractivity contribution is 5.42. The average molecular weight is 265 g/mol. The summed E-state index contributed by atoms with van der Waals surface area (Å²) < 4.78 is 5.57. The molecule has 0 saturated carbocycles. The summed E-state index contributed by atoms with van der Waals surface area (Å²) in [6.07, 6.45) is 0.267. The first-order valence-corrected chi connectivity index (χ1v) is 6.97. The minimum Gasteiger partial charge on any atom is -0.377 e. The third-order valence-corrected chi connectivity index (χ3v) is 2.99. The summed E-state index contributed by atoms with van der Waals surface area (Å²) in [5, 5.41) is 0. The number of hydrogen-bond donors (Lipinski definition) is 1. The summed E-state index contributed by atoms with van der Waals surface area (Å²) in [6, 6.07) is 4.15. The number of anilines is 1. The van der Waals surface area contributed by atoms with Crippen LogP contribution >= 0.6 is 0 Å². The predicted octanol–water partition coefficient (Wildman–Crippen LogP) is 2.52. The zero-order chi connectivity index (χ0) is 14.4. The van der Waals surface area contributed by atoms with Gasteiger partial charge in [-0.25, -0.2) is 4.98 Å². The van der Waals surface area contributed by atoms with E-state index in [1.165, 1.54) is 0 Å². The summed E-state index contributed by atoms with van der Waals surface area (Å²) >= 11 is 0. The second kappa shape index (κ2) is 7.46. The van der Waals surface area contributed by atoms with Gasteiger partial charge in [-0.05, 0) is 37.5 Å². The molecule has 19 heavy (non-hydrogen) atoms. The maximum atomic E-state index is 5.76. The lowest BCUT2D eigenvalue weighted by atomic mass is 10.1. The minimum absolute atomic E-state index is 0.267. The molecule has 1 aromatic rings. The average Bonchev–Trinajstić information content (AvgIpc) is 2.37. The smallest absolute Gasteiger partial charge is 0.128 e. The summed E-state index contributed by atoms with van der Waals surface area (Å²) in [5.74, 6) is 1.38. The van der Waals surface area contributed by atoms with Crippen LogP contribution in [0.4, 0.5) is 5.82 Å². The molecule has 0 spiro atoms. The molecule has 4 heteroatoms. The largest absolute Gasteiger partial charge is 0.377 e. The van der Waals surface area contributed by atoms with Gasteiger partial charge >= 0.3 is 0 Å². The van der Waals surface area contributed by atoms with E-state index in [0.29, 0.717) is 19.1 Å². The molecule has 0 atom stereocenters. The number of aromatic nitrogens is 1. The van der Waals surface area contributed by atoms with E-state index >= 15 is 0 Å². The predicted molar refractivity (Wildman–Crippen MR) is 80.6 cm³/mol. The number of hydrogen-bond acceptors (Lipinski definition) is 4. The van der Waals surface area contributed by atoms with Crippen molar-refractivity contribution in [1.82, 2.24) is 4.98 Å². The molecule has 0 fully saturated rings. The van der Waals surface area contributed by atoms with Gasteiger partial charge in [-0.15, -0.1) is 0 Å². The van der Waals surface area contributed by atoms with Crippen LogP contribution in [0.25, 0.3) is 0 Å². The SMILES string of the molecule is CC(C)OCCN(C)c1cc(CN)cc(C(C)C)n1. The fourth-order valence-corrected chi connectivity index (χ4v) is 1.74. The zero-order valence-electron chi connectivity index (χ0n) is 12.8. The molecule has 108 valence electrons. The molecule has 0 unspecified atom stereocenters. The van der Waals surface area contributed by atoms with Crippen LogP contribution in [0.1, 0.15) is 44.9 Å². The van der Waals surface area contributed by atoms with Gasteiger partial charge in [0, 0.05) is 25.8 Å². The number of likely N-dealkylation sites (N-methyl/N-ethyl adjacent to an activating group) is 1. The number of nitrogens with zero attached hydrogens (tertiary/aromatic N) is 2. The molecule has 1 rings (SSSR count). The first kappa shape index (κ1) is 15.9. The van der Waals surface area contributed by atoms with Gasteiger partial charge in [-0.3, -0.25) is 0 Å². The van der Waals surface area contributed by atoms with Gasteiger partial charge < -0.3 is 15.4 Å². The van der Waals surface area contributed by atoms with E-state index in [9.17, 15) is 0 Å². The van der Waals surface area contributed by atoms with Crippen molar-refractivity contribution in [2.24, 2.45) is 5.73 Å². The highest BCUT2D eigenvalue weighted by atomic mass is 16.5. The number of pyridine rings is 1. The van der Waals surface area contributed by atoms with Gasteiger partial charge in [0.15, 0.2) is 0 Å². The first-order chi connectivity index (χ1) is 8.93. The van der Waals surface area contributed by atoms with E-state index in [-0.39, 0.29) is 6.10 Å². The Morgan fingerprint density at radius 3 is 2.47 bits per heavy atom. The lowest BCUT2D eigenvalue weighted by Gasteiger charge is -2.21. The van der Waals surface area contributed by atoms with Crippen LogP contribution in [0, 0.1) is 0 Å². The molecule has 0 bridgehead atoms. The number of rotatable bonds is 7. The normalized spacial score (nSPS) is 11.4. The van der Waals surface area contributed by atoms with Crippen molar-refractivity contribution in [2.45, 2.75) is 46.3 Å². The van der Waals surface area contributed by atoms with Gasteiger partial charge in [0.05, 0.1) is 12.7 Å². The maximum Gasteiger partial charge on any atom is 0.128 e.